The van der Waals surface area contributed by atoms with Gasteiger partial charge in [0.05, 0.1) is 16.4 Å². The first-order chi connectivity index (χ1) is 16.5. The van der Waals surface area contributed by atoms with Gasteiger partial charge in [-0.2, -0.15) is 0 Å². The molecule has 1 aromatic heterocycles. The number of benzene rings is 3. The molecule has 0 saturated carbocycles. The third-order valence-corrected chi connectivity index (χ3v) is 7.04. The van der Waals surface area contributed by atoms with Crippen LogP contribution in [0.4, 0.5) is 5.69 Å². The number of amides is 1. The Bertz CT molecular complexity index is 1440. The predicted molar refractivity (Wildman–Crippen MR) is 139 cm³/mol. The Morgan fingerprint density at radius 3 is 2.32 bits per heavy atom. The maximum atomic E-state index is 13.1. The highest BCUT2D eigenvalue weighted by atomic mass is 32.2. The van der Waals surface area contributed by atoms with Crippen molar-refractivity contribution in [1.82, 2.24) is 9.47 Å². The van der Waals surface area contributed by atoms with Crippen molar-refractivity contribution in [3.05, 3.63) is 117 Å². The van der Waals surface area contributed by atoms with Gasteiger partial charge in [0.1, 0.15) is 4.32 Å². The average molecular weight is 486 g/mol. The first kappa shape index (κ1) is 22.1. The van der Waals surface area contributed by atoms with Gasteiger partial charge in [0.25, 0.3) is 11.6 Å². The zero-order valence-corrected chi connectivity index (χ0v) is 19.6. The molecule has 5 rings (SSSR count). The molecule has 1 aliphatic rings. The number of carbonyl (C=O) groups excluding carboxylic acids is 1. The number of nitro benzene ring substituents is 1. The second-order valence-corrected chi connectivity index (χ2v) is 9.58. The van der Waals surface area contributed by atoms with Crippen molar-refractivity contribution >= 4 is 56.9 Å². The summed E-state index contributed by atoms with van der Waals surface area (Å²) in [5.41, 5.74) is 4.00. The summed E-state index contributed by atoms with van der Waals surface area (Å²) in [4.78, 5) is 25.9. The minimum atomic E-state index is -0.402. The van der Waals surface area contributed by atoms with Crippen molar-refractivity contribution in [1.29, 1.82) is 0 Å². The monoisotopic (exact) mass is 485 g/mol. The normalized spacial score (nSPS) is 14.9. The molecule has 0 unspecified atom stereocenters. The zero-order valence-electron chi connectivity index (χ0n) is 18.0. The summed E-state index contributed by atoms with van der Waals surface area (Å²) in [6.07, 6.45) is 3.91. The largest absolute Gasteiger partial charge is 0.342 e. The van der Waals surface area contributed by atoms with E-state index in [1.54, 1.807) is 17.0 Å². The molecule has 1 saturated heterocycles. The Hall–Kier alpha value is -3.75. The molecule has 8 heteroatoms. The number of carbonyl (C=O) groups is 1. The number of rotatable bonds is 6. The van der Waals surface area contributed by atoms with Crippen LogP contribution >= 0.6 is 24.0 Å². The quantitative estimate of drug-likeness (QED) is 0.145. The number of thiocarbonyl (C=S) groups is 1. The minimum Gasteiger partial charge on any atom is -0.342 e. The van der Waals surface area contributed by atoms with E-state index in [0.29, 0.717) is 22.3 Å². The highest BCUT2D eigenvalue weighted by molar-refractivity contribution is 8.26. The number of nitrogens with zero attached hydrogens (tertiary/aromatic N) is 3. The number of non-ortho nitro benzene ring substituents is 1. The van der Waals surface area contributed by atoms with E-state index in [-0.39, 0.29) is 11.6 Å². The molecule has 4 aromatic rings. The lowest BCUT2D eigenvalue weighted by atomic mass is 10.1. The lowest BCUT2D eigenvalue weighted by molar-refractivity contribution is -0.384. The summed E-state index contributed by atoms with van der Waals surface area (Å²) in [5, 5.41) is 12.0. The van der Waals surface area contributed by atoms with E-state index < -0.39 is 4.92 Å². The minimum absolute atomic E-state index is 0.0688. The third kappa shape index (κ3) is 4.37. The van der Waals surface area contributed by atoms with Gasteiger partial charge in [-0.3, -0.25) is 19.8 Å². The molecule has 2 heterocycles. The number of para-hydroxylation sites is 1. The van der Waals surface area contributed by atoms with Crippen LogP contribution in [-0.4, -0.2) is 24.6 Å². The molecule has 0 N–H and O–H groups in total. The predicted octanol–water partition coefficient (Wildman–Crippen LogP) is 6.00. The topological polar surface area (TPSA) is 68.4 Å². The fraction of sp³-hybridized carbons (Fsp3) is 0.0769. The average Bonchev–Trinajstić information content (AvgIpc) is 3.32. The van der Waals surface area contributed by atoms with Crippen molar-refractivity contribution < 1.29 is 9.72 Å². The van der Waals surface area contributed by atoms with E-state index in [1.807, 2.05) is 66.9 Å². The van der Waals surface area contributed by atoms with Crippen molar-refractivity contribution in [3.8, 4) is 0 Å². The molecular weight excluding hydrogens is 466 g/mol. The fourth-order valence-electron chi connectivity index (χ4n) is 3.98. The Morgan fingerprint density at radius 2 is 1.59 bits per heavy atom. The summed E-state index contributed by atoms with van der Waals surface area (Å²) >= 11 is 6.82. The molecule has 168 valence electrons. The molecule has 0 bridgehead atoms. The molecule has 0 aliphatic carbocycles. The molecule has 3 aromatic carbocycles. The maximum Gasteiger partial charge on any atom is 0.269 e. The number of fused-ring (bicyclic) bond motifs is 1. The van der Waals surface area contributed by atoms with Crippen LogP contribution in [0.25, 0.3) is 17.0 Å². The van der Waals surface area contributed by atoms with E-state index in [1.165, 1.54) is 23.9 Å². The second kappa shape index (κ2) is 9.24. The smallest absolute Gasteiger partial charge is 0.269 e. The number of aromatic nitrogens is 1. The highest BCUT2D eigenvalue weighted by Gasteiger charge is 2.32. The second-order valence-electron chi connectivity index (χ2n) is 7.91. The van der Waals surface area contributed by atoms with Gasteiger partial charge in [0.15, 0.2) is 0 Å². The van der Waals surface area contributed by atoms with Crippen LogP contribution in [-0.2, 0) is 17.9 Å². The van der Waals surface area contributed by atoms with Crippen LogP contribution in [0.15, 0.2) is 90.0 Å². The van der Waals surface area contributed by atoms with Crippen LogP contribution in [0.5, 0.6) is 0 Å². The first-order valence-corrected chi connectivity index (χ1v) is 11.8. The van der Waals surface area contributed by atoms with E-state index in [9.17, 15) is 14.9 Å². The third-order valence-electron chi connectivity index (χ3n) is 5.66. The molecular formula is C26H19N3O3S2. The molecule has 6 nitrogen and oxygen atoms in total. The fourth-order valence-corrected chi connectivity index (χ4v) is 5.23. The van der Waals surface area contributed by atoms with Crippen molar-refractivity contribution in [3.63, 3.8) is 0 Å². The molecule has 0 atom stereocenters. The SMILES string of the molecule is O=C1/C(=C/c2cn(Cc3ccc([N+](=O)[O-])cc3)c3ccccc23)SC(=S)N1Cc1ccccc1. The lowest BCUT2D eigenvalue weighted by Crippen LogP contribution is -2.27. The van der Waals surface area contributed by atoms with Gasteiger partial charge in [-0.05, 0) is 23.3 Å². The first-order valence-electron chi connectivity index (χ1n) is 10.6. The molecule has 0 spiro atoms. The van der Waals surface area contributed by atoms with E-state index >= 15 is 0 Å². The molecule has 1 fully saturated rings. The van der Waals surface area contributed by atoms with Crippen LogP contribution in [0.2, 0.25) is 0 Å². The zero-order chi connectivity index (χ0) is 23.7. The van der Waals surface area contributed by atoms with Crippen LogP contribution in [0, 0.1) is 10.1 Å². The summed E-state index contributed by atoms with van der Waals surface area (Å²) in [6, 6.07) is 24.3. The number of hydrogen-bond donors (Lipinski definition) is 0. The van der Waals surface area contributed by atoms with E-state index in [0.717, 1.165) is 27.6 Å². The molecule has 1 amide bonds. The van der Waals surface area contributed by atoms with Gasteiger partial charge in [-0.25, -0.2) is 0 Å². The van der Waals surface area contributed by atoms with Crippen LogP contribution in [0.1, 0.15) is 16.7 Å². The number of hydrogen-bond acceptors (Lipinski definition) is 5. The van der Waals surface area contributed by atoms with Crippen molar-refractivity contribution in [2.24, 2.45) is 0 Å². The van der Waals surface area contributed by atoms with E-state index in [4.69, 9.17) is 12.2 Å². The molecule has 0 radical (unpaired) electrons. The van der Waals surface area contributed by atoms with Crippen LogP contribution in [0.3, 0.4) is 0 Å². The standard InChI is InChI=1S/C26H19N3O3S2/c30-25-24(34-26(33)28(25)16-18-6-2-1-3-7-18)14-20-17-27(23-9-5-4-8-22(20)23)15-19-10-12-21(13-11-19)29(31)32/h1-14,17H,15-16H2/b24-14-. The molecule has 1 aliphatic heterocycles. The Balaban J connectivity index is 1.44. The Morgan fingerprint density at radius 1 is 0.912 bits per heavy atom. The molecule has 34 heavy (non-hydrogen) atoms. The lowest BCUT2D eigenvalue weighted by Gasteiger charge is -2.14. The van der Waals surface area contributed by atoms with Gasteiger partial charge >= 0.3 is 0 Å². The van der Waals surface area contributed by atoms with Crippen molar-refractivity contribution in [2.75, 3.05) is 0 Å². The van der Waals surface area contributed by atoms with E-state index in [2.05, 4.69) is 4.57 Å². The maximum absolute atomic E-state index is 13.1. The summed E-state index contributed by atoms with van der Waals surface area (Å²) < 4.78 is 2.64. The highest BCUT2D eigenvalue weighted by Crippen LogP contribution is 2.35. The van der Waals surface area contributed by atoms with Gasteiger partial charge in [-0.1, -0.05) is 84.6 Å². The van der Waals surface area contributed by atoms with Gasteiger partial charge in [0.2, 0.25) is 0 Å². The van der Waals surface area contributed by atoms with Gasteiger partial charge < -0.3 is 4.57 Å². The Labute approximate surface area is 205 Å². The summed E-state index contributed by atoms with van der Waals surface area (Å²) in [5.74, 6) is -0.0916. The Kier molecular flexibility index (Phi) is 6.00. The van der Waals surface area contributed by atoms with Gasteiger partial charge in [0, 0.05) is 41.3 Å². The number of thioether (sulfide) groups is 1. The number of nitro groups is 1. The summed E-state index contributed by atoms with van der Waals surface area (Å²) in [7, 11) is 0. The van der Waals surface area contributed by atoms with Gasteiger partial charge in [-0.15, -0.1) is 0 Å². The van der Waals surface area contributed by atoms with Crippen LogP contribution < -0.4 is 0 Å². The summed E-state index contributed by atoms with van der Waals surface area (Å²) in [6.45, 7) is 1.01. The van der Waals surface area contributed by atoms with Crippen molar-refractivity contribution in [2.45, 2.75) is 13.1 Å².